The van der Waals surface area contributed by atoms with Crippen LogP contribution in [0.15, 0.2) is 41.0 Å². The summed E-state index contributed by atoms with van der Waals surface area (Å²) in [4.78, 5) is 16.5. The lowest BCUT2D eigenvalue weighted by molar-refractivity contribution is 0.184. The van der Waals surface area contributed by atoms with Gasteiger partial charge in [0.25, 0.3) is 0 Å². The molecule has 172 valence electrons. The van der Waals surface area contributed by atoms with Crippen LogP contribution in [0.5, 0.6) is 5.75 Å². The van der Waals surface area contributed by atoms with Crippen LogP contribution in [0, 0.1) is 0 Å². The molecule has 1 aromatic heterocycles. The van der Waals surface area contributed by atoms with Crippen molar-refractivity contribution in [2.24, 2.45) is 0 Å². The fraction of sp³-hybridized carbons (Fsp3) is 0.500. The molecule has 0 aliphatic carbocycles. The molecule has 8 nitrogen and oxygen atoms in total. The van der Waals surface area contributed by atoms with Crippen LogP contribution in [-0.2, 0) is 23.2 Å². The zero-order valence-corrected chi connectivity index (χ0v) is 19.7. The van der Waals surface area contributed by atoms with Gasteiger partial charge < -0.3 is 23.7 Å². The molecule has 1 N–H and O–H groups in total. The van der Waals surface area contributed by atoms with Gasteiger partial charge in [0.15, 0.2) is 0 Å². The maximum atomic E-state index is 12.8. The summed E-state index contributed by atoms with van der Waals surface area (Å²) in [7, 11) is -3.73. The van der Waals surface area contributed by atoms with Crippen LogP contribution in [0.2, 0.25) is 0 Å². The van der Waals surface area contributed by atoms with E-state index >= 15 is 0 Å². The van der Waals surface area contributed by atoms with Gasteiger partial charge in [-0.2, -0.15) is 8.42 Å². The van der Waals surface area contributed by atoms with E-state index in [0.29, 0.717) is 11.3 Å². The number of furan rings is 1. The van der Waals surface area contributed by atoms with Crippen molar-refractivity contribution in [1.29, 1.82) is 0 Å². The first-order valence-electron chi connectivity index (χ1n) is 10.6. The number of nitrogens with zero attached hydrogens (tertiary/aromatic N) is 2. The molecule has 0 saturated carbocycles. The van der Waals surface area contributed by atoms with Crippen LogP contribution in [0.25, 0.3) is 0 Å². The Balaban J connectivity index is 2.42. The third kappa shape index (κ3) is 7.20. The fourth-order valence-electron chi connectivity index (χ4n) is 3.07. The second-order valence-electron chi connectivity index (χ2n) is 7.43. The standard InChI is InChI=1S/C22H33N3O5S/c1-6-24(7-2)19-12-11-18(21(14-19)30-31(27,28)8-3)15-25(22(26)23-17(4)5)16-20-10-9-13-29-20/h9-14,17H,6-8,15-16H2,1-5H3,(H,23,26). The van der Waals surface area contributed by atoms with E-state index < -0.39 is 10.1 Å². The molecule has 0 unspecified atom stereocenters. The number of rotatable bonds is 11. The van der Waals surface area contributed by atoms with Gasteiger partial charge in [0.05, 0.1) is 25.1 Å². The molecule has 0 atom stereocenters. The smallest absolute Gasteiger partial charge is 0.318 e. The lowest BCUT2D eigenvalue weighted by atomic mass is 10.1. The van der Waals surface area contributed by atoms with Crippen molar-refractivity contribution in [2.75, 3.05) is 23.7 Å². The lowest BCUT2D eigenvalue weighted by Crippen LogP contribution is -2.42. The van der Waals surface area contributed by atoms with E-state index in [-0.39, 0.29) is 36.7 Å². The third-order valence-corrected chi connectivity index (χ3v) is 5.88. The fourth-order valence-corrected chi connectivity index (χ4v) is 3.61. The number of carbonyl (C=O) groups excluding carboxylic acids is 1. The Labute approximate surface area is 185 Å². The highest BCUT2D eigenvalue weighted by atomic mass is 32.2. The molecule has 2 aromatic rings. The van der Waals surface area contributed by atoms with E-state index in [4.69, 9.17) is 8.60 Å². The van der Waals surface area contributed by atoms with Crippen molar-refractivity contribution < 1.29 is 21.8 Å². The number of hydrogen-bond donors (Lipinski definition) is 1. The Morgan fingerprint density at radius 2 is 1.84 bits per heavy atom. The highest BCUT2D eigenvalue weighted by Gasteiger charge is 2.21. The average Bonchev–Trinajstić information content (AvgIpc) is 3.22. The van der Waals surface area contributed by atoms with Crippen molar-refractivity contribution in [3.05, 3.63) is 47.9 Å². The minimum Gasteiger partial charge on any atom is -0.467 e. The van der Waals surface area contributed by atoms with Gasteiger partial charge in [-0.15, -0.1) is 0 Å². The first-order chi connectivity index (χ1) is 14.7. The summed E-state index contributed by atoms with van der Waals surface area (Å²) in [5.41, 5.74) is 1.46. The molecular formula is C22H33N3O5S. The Bertz CT molecular complexity index is 938. The molecule has 1 aromatic carbocycles. The zero-order chi connectivity index (χ0) is 23.0. The quantitative estimate of drug-likeness (QED) is 0.520. The number of nitrogens with one attached hydrogen (secondary N) is 1. The highest BCUT2D eigenvalue weighted by Crippen LogP contribution is 2.29. The van der Waals surface area contributed by atoms with Crippen molar-refractivity contribution in [3.63, 3.8) is 0 Å². The summed E-state index contributed by atoms with van der Waals surface area (Å²) in [6, 6.07) is 8.68. The second-order valence-corrected chi connectivity index (χ2v) is 9.29. The molecule has 0 spiro atoms. The van der Waals surface area contributed by atoms with E-state index in [1.165, 1.54) is 6.92 Å². The Morgan fingerprint density at radius 3 is 2.39 bits per heavy atom. The molecule has 1 heterocycles. The minimum atomic E-state index is -3.73. The number of benzene rings is 1. The minimum absolute atomic E-state index is 0.0483. The van der Waals surface area contributed by atoms with Crippen molar-refractivity contribution in [2.45, 2.75) is 53.8 Å². The summed E-state index contributed by atoms with van der Waals surface area (Å²) in [6.07, 6.45) is 1.55. The molecular weight excluding hydrogens is 418 g/mol. The average molecular weight is 452 g/mol. The largest absolute Gasteiger partial charge is 0.467 e. The SMILES string of the molecule is CCN(CC)c1ccc(CN(Cc2ccco2)C(=O)NC(C)C)c(OS(=O)(=O)CC)c1. The molecule has 0 aliphatic rings. The topological polar surface area (TPSA) is 92.1 Å². The third-order valence-electron chi connectivity index (χ3n) is 4.74. The molecule has 31 heavy (non-hydrogen) atoms. The van der Waals surface area contributed by atoms with Crippen LogP contribution in [-0.4, -0.2) is 44.2 Å². The van der Waals surface area contributed by atoms with E-state index in [1.807, 2.05) is 39.8 Å². The van der Waals surface area contributed by atoms with Gasteiger partial charge in [0.1, 0.15) is 11.5 Å². The van der Waals surface area contributed by atoms with E-state index in [9.17, 15) is 13.2 Å². The van der Waals surface area contributed by atoms with Crippen molar-refractivity contribution in [1.82, 2.24) is 10.2 Å². The summed E-state index contributed by atoms with van der Waals surface area (Å²) in [6.45, 7) is 11.3. The predicted molar refractivity (Wildman–Crippen MR) is 122 cm³/mol. The molecule has 0 bridgehead atoms. The Morgan fingerprint density at radius 1 is 1.13 bits per heavy atom. The second kappa shape index (κ2) is 11.1. The van der Waals surface area contributed by atoms with Crippen LogP contribution in [0.4, 0.5) is 10.5 Å². The van der Waals surface area contributed by atoms with Crippen LogP contribution < -0.4 is 14.4 Å². The van der Waals surface area contributed by atoms with Gasteiger partial charge in [-0.1, -0.05) is 6.07 Å². The van der Waals surface area contributed by atoms with Crippen molar-refractivity contribution >= 4 is 21.8 Å². The molecule has 2 rings (SSSR count). The van der Waals surface area contributed by atoms with Gasteiger partial charge in [-0.3, -0.25) is 0 Å². The van der Waals surface area contributed by atoms with Gasteiger partial charge >= 0.3 is 16.1 Å². The summed E-state index contributed by atoms with van der Waals surface area (Å²) < 4.78 is 35.3. The molecule has 2 amide bonds. The van der Waals surface area contributed by atoms with Gasteiger partial charge in [0.2, 0.25) is 0 Å². The maximum absolute atomic E-state index is 12.8. The Hall–Kier alpha value is -2.68. The normalized spacial score (nSPS) is 11.4. The van der Waals surface area contributed by atoms with E-state index in [1.54, 1.807) is 29.4 Å². The van der Waals surface area contributed by atoms with E-state index in [2.05, 4.69) is 10.2 Å². The van der Waals surface area contributed by atoms with Crippen LogP contribution in [0.3, 0.4) is 0 Å². The van der Waals surface area contributed by atoms with Gasteiger partial charge in [-0.25, -0.2) is 4.79 Å². The summed E-state index contributed by atoms with van der Waals surface area (Å²) in [5.74, 6) is 0.710. The number of anilines is 1. The van der Waals surface area contributed by atoms with Crippen LogP contribution >= 0.6 is 0 Å². The maximum Gasteiger partial charge on any atom is 0.318 e. The lowest BCUT2D eigenvalue weighted by Gasteiger charge is -2.26. The molecule has 0 radical (unpaired) electrons. The number of urea groups is 1. The highest BCUT2D eigenvalue weighted by molar-refractivity contribution is 7.87. The number of amides is 2. The number of hydrogen-bond acceptors (Lipinski definition) is 6. The first kappa shape index (κ1) is 24.6. The molecule has 0 saturated heterocycles. The van der Waals surface area contributed by atoms with E-state index in [0.717, 1.165) is 18.8 Å². The van der Waals surface area contributed by atoms with Gasteiger partial charge in [-0.05, 0) is 52.8 Å². The van der Waals surface area contributed by atoms with Crippen molar-refractivity contribution in [3.8, 4) is 5.75 Å². The molecule has 9 heteroatoms. The Kier molecular flexibility index (Phi) is 8.79. The zero-order valence-electron chi connectivity index (χ0n) is 18.9. The summed E-state index contributed by atoms with van der Waals surface area (Å²) >= 11 is 0. The summed E-state index contributed by atoms with van der Waals surface area (Å²) in [5, 5.41) is 2.88. The molecule has 0 aliphatic heterocycles. The first-order valence-corrected chi connectivity index (χ1v) is 12.1. The monoisotopic (exact) mass is 451 g/mol. The number of carbonyl (C=O) groups is 1. The predicted octanol–water partition coefficient (Wildman–Crippen LogP) is 3.97. The van der Waals surface area contributed by atoms with Gasteiger partial charge in [0, 0.05) is 36.4 Å². The molecule has 0 fully saturated rings. The van der Waals surface area contributed by atoms with Crippen LogP contribution in [0.1, 0.15) is 45.9 Å².